The third kappa shape index (κ3) is 5.78. The highest BCUT2D eigenvalue weighted by Crippen LogP contribution is 2.27. The lowest BCUT2D eigenvalue weighted by atomic mass is 10.0. The molecule has 6 nitrogen and oxygen atoms in total. The van der Waals surface area contributed by atoms with Gasteiger partial charge in [0.1, 0.15) is 0 Å². The van der Waals surface area contributed by atoms with E-state index in [4.69, 9.17) is 4.74 Å². The predicted octanol–water partition coefficient (Wildman–Crippen LogP) is 2.99. The van der Waals surface area contributed by atoms with Crippen molar-refractivity contribution in [2.45, 2.75) is 36.9 Å². The first-order chi connectivity index (χ1) is 11.2. The maximum Gasteiger partial charge on any atom is 0.237 e. The number of aromatic nitrogens is 2. The molecule has 1 amide bonds. The molecule has 23 heavy (non-hydrogen) atoms. The van der Waals surface area contributed by atoms with Gasteiger partial charge < -0.3 is 15.0 Å². The van der Waals surface area contributed by atoms with Crippen molar-refractivity contribution in [2.24, 2.45) is 0 Å². The quantitative estimate of drug-likeness (QED) is 0.686. The molecule has 8 heteroatoms. The monoisotopic (exact) mass is 356 g/mol. The molecule has 1 aromatic heterocycles. The van der Waals surface area contributed by atoms with Gasteiger partial charge in [-0.1, -0.05) is 29.2 Å². The largest absolute Gasteiger partial charge is 0.383 e. The van der Waals surface area contributed by atoms with Crippen LogP contribution < -0.4 is 5.32 Å². The van der Waals surface area contributed by atoms with Crippen molar-refractivity contribution < 1.29 is 9.53 Å². The molecule has 0 aromatic carbocycles. The van der Waals surface area contributed by atoms with Gasteiger partial charge in [-0.2, -0.15) is 0 Å². The Kier molecular flexibility index (Phi) is 7.84. The predicted molar refractivity (Wildman–Crippen MR) is 94.9 cm³/mol. The van der Waals surface area contributed by atoms with Crippen LogP contribution >= 0.6 is 23.1 Å². The van der Waals surface area contributed by atoms with E-state index in [2.05, 4.69) is 21.6 Å². The maximum atomic E-state index is 12.6. The Hall–Kier alpha value is -1.12. The fourth-order valence-electron chi connectivity index (χ4n) is 2.37. The Labute approximate surface area is 145 Å². The number of amides is 1. The number of carbonyl (C=O) groups excluding carboxylic acids is 1. The Balaban J connectivity index is 1.92. The zero-order valence-corrected chi connectivity index (χ0v) is 15.3. The van der Waals surface area contributed by atoms with Gasteiger partial charge in [0.05, 0.1) is 12.4 Å². The average molecular weight is 357 g/mol. The van der Waals surface area contributed by atoms with Crippen molar-refractivity contribution in [3.05, 3.63) is 11.8 Å². The number of carbonyl (C=O) groups is 1. The smallest absolute Gasteiger partial charge is 0.237 e. The SMILES string of the molecule is CCNc1nnc(SCC(=O)N(CCOC)C2=CCCCC2)s1. The molecular formula is C15H24N4O2S2. The van der Waals surface area contributed by atoms with Crippen molar-refractivity contribution in [3.8, 4) is 0 Å². The van der Waals surface area contributed by atoms with Gasteiger partial charge in [0.25, 0.3) is 0 Å². The summed E-state index contributed by atoms with van der Waals surface area (Å²) in [6.45, 7) is 4.00. The van der Waals surface area contributed by atoms with Crippen LogP contribution in [0.1, 0.15) is 32.6 Å². The van der Waals surface area contributed by atoms with E-state index in [0.29, 0.717) is 18.9 Å². The second-order valence-electron chi connectivity index (χ2n) is 5.17. The van der Waals surface area contributed by atoms with E-state index >= 15 is 0 Å². The van der Waals surface area contributed by atoms with Gasteiger partial charge in [0.15, 0.2) is 4.34 Å². The maximum absolute atomic E-state index is 12.6. The van der Waals surface area contributed by atoms with E-state index in [-0.39, 0.29) is 5.91 Å². The summed E-state index contributed by atoms with van der Waals surface area (Å²) >= 11 is 2.93. The Morgan fingerprint density at radius 3 is 3.04 bits per heavy atom. The molecule has 0 radical (unpaired) electrons. The van der Waals surface area contributed by atoms with E-state index in [1.807, 2.05) is 11.8 Å². The molecule has 0 bridgehead atoms. The highest BCUT2D eigenvalue weighted by Gasteiger charge is 2.20. The number of allylic oxidation sites excluding steroid dienone is 2. The number of hydrogen-bond acceptors (Lipinski definition) is 7. The van der Waals surface area contributed by atoms with Crippen LogP contribution in [0.3, 0.4) is 0 Å². The highest BCUT2D eigenvalue weighted by molar-refractivity contribution is 8.01. The van der Waals surface area contributed by atoms with Crippen molar-refractivity contribution in [1.29, 1.82) is 0 Å². The first-order valence-corrected chi connectivity index (χ1v) is 9.73. The van der Waals surface area contributed by atoms with Crippen LogP contribution in [-0.4, -0.2) is 53.6 Å². The average Bonchev–Trinajstić information content (AvgIpc) is 3.02. The van der Waals surface area contributed by atoms with Crippen LogP contribution in [0.15, 0.2) is 16.1 Å². The molecular weight excluding hydrogens is 332 g/mol. The summed E-state index contributed by atoms with van der Waals surface area (Å²) in [5, 5.41) is 12.1. The summed E-state index contributed by atoms with van der Waals surface area (Å²) in [6, 6.07) is 0. The molecule has 1 heterocycles. The van der Waals surface area contributed by atoms with Crippen LogP contribution in [0.25, 0.3) is 0 Å². The Bertz CT molecular complexity index is 533. The molecule has 128 valence electrons. The fourth-order valence-corrected chi connectivity index (χ4v) is 4.07. The van der Waals surface area contributed by atoms with Crippen molar-refractivity contribution in [3.63, 3.8) is 0 Å². The van der Waals surface area contributed by atoms with Crippen LogP contribution in [0.5, 0.6) is 0 Å². The van der Waals surface area contributed by atoms with Crippen LogP contribution in [0.2, 0.25) is 0 Å². The molecule has 1 aliphatic rings. The zero-order valence-electron chi connectivity index (χ0n) is 13.7. The Morgan fingerprint density at radius 1 is 1.48 bits per heavy atom. The van der Waals surface area contributed by atoms with Gasteiger partial charge >= 0.3 is 0 Å². The lowest BCUT2D eigenvalue weighted by Crippen LogP contribution is -2.35. The lowest BCUT2D eigenvalue weighted by Gasteiger charge is -2.27. The molecule has 1 aromatic rings. The van der Waals surface area contributed by atoms with Gasteiger partial charge in [-0.25, -0.2) is 0 Å². The molecule has 0 atom stereocenters. The van der Waals surface area contributed by atoms with E-state index < -0.39 is 0 Å². The molecule has 1 aliphatic carbocycles. The number of nitrogens with one attached hydrogen (secondary N) is 1. The minimum Gasteiger partial charge on any atom is -0.383 e. The van der Waals surface area contributed by atoms with Crippen LogP contribution in [0.4, 0.5) is 5.13 Å². The second-order valence-corrected chi connectivity index (χ2v) is 7.37. The zero-order chi connectivity index (χ0) is 16.5. The highest BCUT2D eigenvalue weighted by atomic mass is 32.2. The number of methoxy groups -OCH3 is 1. The second kappa shape index (κ2) is 9.89. The first-order valence-electron chi connectivity index (χ1n) is 7.93. The van der Waals surface area contributed by atoms with Crippen molar-refractivity contribution in [2.75, 3.05) is 37.9 Å². The normalized spacial score (nSPS) is 14.4. The summed E-state index contributed by atoms with van der Waals surface area (Å²) in [6.07, 6.45) is 6.59. The summed E-state index contributed by atoms with van der Waals surface area (Å²) in [7, 11) is 1.66. The number of rotatable bonds is 9. The molecule has 0 fully saturated rings. The summed E-state index contributed by atoms with van der Waals surface area (Å²) < 4.78 is 5.97. The molecule has 1 N–H and O–H groups in total. The molecule has 0 unspecified atom stereocenters. The summed E-state index contributed by atoms with van der Waals surface area (Å²) in [4.78, 5) is 14.5. The summed E-state index contributed by atoms with van der Waals surface area (Å²) in [5.41, 5.74) is 1.14. The first kappa shape index (κ1) is 18.2. The van der Waals surface area contributed by atoms with Crippen LogP contribution in [0, 0.1) is 0 Å². The topological polar surface area (TPSA) is 67.4 Å². The molecule has 2 rings (SSSR count). The van der Waals surface area contributed by atoms with Gasteiger partial charge in [-0.15, -0.1) is 10.2 Å². The standard InChI is InChI=1S/C15H24N4O2S2/c1-3-16-14-17-18-15(23-14)22-11-13(20)19(9-10-21-2)12-7-5-4-6-8-12/h7H,3-6,8-11H2,1-2H3,(H,16,17). The summed E-state index contributed by atoms with van der Waals surface area (Å²) in [5.74, 6) is 0.488. The van der Waals surface area contributed by atoms with Crippen molar-refractivity contribution in [1.82, 2.24) is 15.1 Å². The number of thioether (sulfide) groups is 1. The third-order valence-corrected chi connectivity index (χ3v) is 5.49. The van der Waals surface area contributed by atoms with Gasteiger partial charge in [-0.05, 0) is 32.6 Å². The Morgan fingerprint density at radius 2 is 2.35 bits per heavy atom. The number of anilines is 1. The van der Waals surface area contributed by atoms with E-state index in [1.54, 1.807) is 7.11 Å². The van der Waals surface area contributed by atoms with E-state index in [9.17, 15) is 4.79 Å². The number of nitrogens with zero attached hydrogens (tertiary/aromatic N) is 3. The fraction of sp³-hybridized carbons (Fsp3) is 0.667. The number of hydrogen-bond donors (Lipinski definition) is 1. The molecule has 0 saturated carbocycles. The van der Waals surface area contributed by atoms with Gasteiger partial charge in [-0.3, -0.25) is 4.79 Å². The van der Waals surface area contributed by atoms with E-state index in [0.717, 1.165) is 41.0 Å². The van der Waals surface area contributed by atoms with Crippen molar-refractivity contribution >= 4 is 34.1 Å². The lowest BCUT2D eigenvalue weighted by molar-refractivity contribution is -0.127. The van der Waals surface area contributed by atoms with E-state index in [1.165, 1.54) is 29.5 Å². The molecule has 0 aliphatic heterocycles. The molecule has 0 saturated heterocycles. The minimum atomic E-state index is 0.111. The third-order valence-electron chi connectivity index (χ3n) is 3.49. The minimum absolute atomic E-state index is 0.111. The van der Waals surface area contributed by atoms with Gasteiger partial charge in [0.2, 0.25) is 11.0 Å². The molecule has 0 spiro atoms. The van der Waals surface area contributed by atoms with Crippen LogP contribution in [-0.2, 0) is 9.53 Å². The number of ether oxygens (including phenoxy) is 1. The van der Waals surface area contributed by atoms with Gasteiger partial charge in [0, 0.05) is 25.9 Å².